The van der Waals surface area contributed by atoms with Crippen LogP contribution in [0, 0.1) is 5.92 Å². The third-order valence-corrected chi connectivity index (χ3v) is 4.34. The first-order valence-electron chi connectivity index (χ1n) is 8.13. The number of hydrogen-bond acceptors (Lipinski definition) is 4. The summed E-state index contributed by atoms with van der Waals surface area (Å²) >= 11 is 3.42. The molecule has 130 valence electrons. The molecule has 0 spiro atoms. The van der Waals surface area contributed by atoms with Crippen molar-refractivity contribution in [2.24, 2.45) is 5.92 Å². The number of amides is 1. The van der Waals surface area contributed by atoms with Gasteiger partial charge in [0.25, 0.3) is 0 Å². The highest BCUT2D eigenvalue weighted by Gasteiger charge is 2.21. The minimum atomic E-state index is -0.363. The van der Waals surface area contributed by atoms with E-state index in [1.807, 2.05) is 32.2 Å². The molecule has 0 aromatic carbocycles. The van der Waals surface area contributed by atoms with Crippen molar-refractivity contribution in [3.8, 4) is 0 Å². The van der Waals surface area contributed by atoms with Crippen LogP contribution in [0.5, 0.6) is 0 Å². The summed E-state index contributed by atoms with van der Waals surface area (Å²) in [6, 6.07) is 3.69. The molecule has 0 fully saturated rings. The average Bonchev–Trinajstić information content (AvgIpc) is 2.86. The lowest BCUT2D eigenvalue weighted by atomic mass is 10.0. The fourth-order valence-electron chi connectivity index (χ4n) is 2.55. The van der Waals surface area contributed by atoms with Crippen molar-refractivity contribution in [2.45, 2.75) is 40.0 Å². The second-order valence-electron chi connectivity index (χ2n) is 5.47. The van der Waals surface area contributed by atoms with Gasteiger partial charge in [0.05, 0.1) is 18.7 Å². The summed E-state index contributed by atoms with van der Waals surface area (Å²) in [6.45, 7) is 6.04. The van der Waals surface area contributed by atoms with E-state index >= 15 is 0 Å². The SMILES string of the molecule is CCOC(=O)Cc1nc2ccc(Br)cn2c1NC(=O)C(CC)CC. The van der Waals surface area contributed by atoms with E-state index in [2.05, 4.69) is 26.2 Å². The lowest BCUT2D eigenvalue weighted by molar-refractivity contribution is -0.142. The number of aromatic nitrogens is 2. The van der Waals surface area contributed by atoms with Crippen LogP contribution in [-0.4, -0.2) is 27.9 Å². The Hall–Kier alpha value is -1.89. The average molecular weight is 396 g/mol. The molecule has 1 amide bonds. The van der Waals surface area contributed by atoms with Gasteiger partial charge in [-0.3, -0.25) is 14.0 Å². The van der Waals surface area contributed by atoms with Gasteiger partial charge in [0.2, 0.25) is 5.91 Å². The monoisotopic (exact) mass is 395 g/mol. The number of carbonyl (C=O) groups excluding carboxylic acids is 2. The zero-order chi connectivity index (χ0) is 17.7. The van der Waals surface area contributed by atoms with Crippen molar-refractivity contribution in [2.75, 3.05) is 11.9 Å². The molecule has 0 aliphatic heterocycles. The fourth-order valence-corrected chi connectivity index (χ4v) is 2.89. The fraction of sp³-hybridized carbons (Fsp3) is 0.471. The lowest BCUT2D eigenvalue weighted by Crippen LogP contribution is -2.23. The Morgan fingerprint density at radius 2 is 2.00 bits per heavy atom. The molecule has 0 bridgehead atoms. The van der Waals surface area contributed by atoms with Crippen molar-refractivity contribution in [3.63, 3.8) is 0 Å². The van der Waals surface area contributed by atoms with Crippen molar-refractivity contribution >= 4 is 39.3 Å². The van der Waals surface area contributed by atoms with Crippen LogP contribution in [0.15, 0.2) is 22.8 Å². The zero-order valence-corrected chi connectivity index (χ0v) is 15.7. The maximum Gasteiger partial charge on any atom is 0.312 e. The normalized spacial score (nSPS) is 11.0. The summed E-state index contributed by atoms with van der Waals surface area (Å²) in [5.41, 5.74) is 1.17. The number of halogens is 1. The molecule has 0 radical (unpaired) electrons. The Labute approximate surface area is 149 Å². The summed E-state index contributed by atoms with van der Waals surface area (Å²) in [4.78, 5) is 28.8. The van der Waals surface area contributed by atoms with Crippen LogP contribution in [0.2, 0.25) is 0 Å². The number of ether oxygens (including phenoxy) is 1. The van der Waals surface area contributed by atoms with Crippen LogP contribution >= 0.6 is 15.9 Å². The van der Waals surface area contributed by atoms with Crippen LogP contribution in [0.4, 0.5) is 5.82 Å². The highest BCUT2D eigenvalue weighted by molar-refractivity contribution is 9.10. The lowest BCUT2D eigenvalue weighted by Gasteiger charge is -2.13. The molecule has 0 aliphatic rings. The predicted octanol–water partition coefficient (Wildman–Crippen LogP) is 3.58. The molecule has 0 saturated heterocycles. The molecule has 0 saturated carbocycles. The van der Waals surface area contributed by atoms with Crippen molar-refractivity contribution < 1.29 is 14.3 Å². The van der Waals surface area contributed by atoms with Gasteiger partial charge in [0.15, 0.2) is 0 Å². The quantitative estimate of drug-likeness (QED) is 0.727. The Morgan fingerprint density at radius 3 is 2.62 bits per heavy atom. The molecule has 0 atom stereocenters. The molecule has 2 aromatic rings. The van der Waals surface area contributed by atoms with E-state index in [-0.39, 0.29) is 24.2 Å². The van der Waals surface area contributed by atoms with E-state index < -0.39 is 0 Å². The second kappa shape index (κ2) is 8.28. The molecule has 6 nitrogen and oxygen atoms in total. The summed E-state index contributed by atoms with van der Waals surface area (Å²) in [5.74, 6) is 0.0271. The van der Waals surface area contributed by atoms with Gasteiger partial charge in [-0.15, -0.1) is 0 Å². The van der Waals surface area contributed by atoms with Crippen LogP contribution in [0.25, 0.3) is 5.65 Å². The van der Waals surface area contributed by atoms with E-state index in [4.69, 9.17) is 4.74 Å². The number of hydrogen-bond donors (Lipinski definition) is 1. The van der Waals surface area contributed by atoms with E-state index in [0.29, 0.717) is 23.8 Å². The zero-order valence-electron chi connectivity index (χ0n) is 14.1. The van der Waals surface area contributed by atoms with Gasteiger partial charge < -0.3 is 10.1 Å². The number of fused-ring (bicyclic) bond motifs is 1. The molecule has 2 rings (SSSR count). The standard InChI is InChI=1S/C17H22BrN3O3/c1-4-11(5-2)17(23)20-16-13(9-15(22)24-6-3)19-14-8-7-12(18)10-21(14)16/h7-8,10-11H,4-6,9H2,1-3H3,(H,20,23). The Kier molecular flexibility index (Phi) is 6.36. The Morgan fingerprint density at radius 1 is 1.29 bits per heavy atom. The number of nitrogens with one attached hydrogen (secondary N) is 1. The van der Waals surface area contributed by atoms with Gasteiger partial charge in [-0.25, -0.2) is 4.98 Å². The predicted molar refractivity (Wildman–Crippen MR) is 95.9 cm³/mol. The molecule has 0 unspecified atom stereocenters. The minimum absolute atomic E-state index is 0.0195. The van der Waals surface area contributed by atoms with E-state index in [1.54, 1.807) is 11.3 Å². The Balaban J connectivity index is 2.41. The maximum absolute atomic E-state index is 12.5. The first-order valence-corrected chi connectivity index (χ1v) is 8.92. The minimum Gasteiger partial charge on any atom is -0.466 e. The molecular formula is C17H22BrN3O3. The summed E-state index contributed by atoms with van der Waals surface area (Å²) in [7, 11) is 0. The van der Waals surface area contributed by atoms with Crippen molar-refractivity contribution in [1.82, 2.24) is 9.38 Å². The molecule has 24 heavy (non-hydrogen) atoms. The highest BCUT2D eigenvalue weighted by Crippen LogP contribution is 2.23. The molecule has 7 heteroatoms. The van der Waals surface area contributed by atoms with Crippen molar-refractivity contribution in [1.29, 1.82) is 0 Å². The van der Waals surface area contributed by atoms with Gasteiger partial charge in [0.1, 0.15) is 11.5 Å². The number of nitrogens with zero attached hydrogens (tertiary/aromatic N) is 2. The highest BCUT2D eigenvalue weighted by atomic mass is 79.9. The smallest absolute Gasteiger partial charge is 0.312 e. The van der Waals surface area contributed by atoms with E-state index in [9.17, 15) is 9.59 Å². The first-order chi connectivity index (χ1) is 11.5. The molecular weight excluding hydrogens is 374 g/mol. The number of esters is 1. The summed E-state index contributed by atoms with van der Waals surface area (Å²) in [5, 5.41) is 2.94. The number of carbonyl (C=O) groups is 2. The Bertz CT molecular complexity index is 738. The van der Waals surface area contributed by atoms with Crippen LogP contribution in [-0.2, 0) is 20.7 Å². The van der Waals surface area contributed by atoms with Gasteiger partial charge in [-0.2, -0.15) is 0 Å². The van der Waals surface area contributed by atoms with Gasteiger partial charge in [0, 0.05) is 16.6 Å². The second-order valence-corrected chi connectivity index (χ2v) is 6.38. The van der Waals surface area contributed by atoms with Crippen LogP contribution < -0.4 is 5.32 Å². The molecule has 0 aliphatic carbocycles. The third-order valence-electron chi connectivity index (χ3n) is 3.87. The van der Waals surface area contributed by atoms with Crippen molar-refractivity contribution in [3.05, 3.63) is 28.5 Å². The third kappa shape index (κ3) is 4.14. The number of imidazole rings is 1. The van der Waals surface area contributed by atoms with Crippen LogP contribution in [0.3, 0.4) is 0 Å². The van der Waals surface area contributed by atoms with Gasteiger partial charge in [-0.05, 0) is 47.8 Å². The molecule has 1 N–H and O–H groups in total. The van der Waals surface area contributed by atoms with Gasteiger partial charge >= 0.3 is 5.97 Å². The number of rotatable bonds is 7. The summed E-state index contributed by atoms with van der Waals surface area (Å²) < 4.78 is 7.64. The molecule has 2 heterocycles. The number of pyridine rings is 1. The summed E-state index contributed by atoms with van der Waals surface area (Å²) in [6.07, 6.45) is 3.36. The largest absolute Gasteiger partial charge is 0.466 e. The topological polar surface area (TPSA) is 72.7 Å². The maximum atomic E-state index is 12.5. The molecule has 2 aromatic heterocycles. The first kappa shape index (κ1) is 18.4. The van der Waals surface area contributed by atoms with E-state index in [1.165, 1.54) is 0 Å². The van der Waals surface area contributed by atoms with Gasteiger partial charge in [-0.1, -0.05) is 13.8 Å². The van der Waals surface area contributed by atoms with Crippen LogP contribution in [0.1, 0.15) is 39.3 Å². The van der Waals surface area contributed by atoms with E-state index in [0.717, 1.165) is 17.3 Å². The number of anilines is 1.